The average molecular weight is 283 g/mol. The predicted octanol–water partition coefficient (Wildman–Crippen LogP) is 4.56. The first-order valence-electron chi connectivity index (χ1n) is 8.20. The van der Waals surface area contributed by atoms with Gasteiger partial charge in [0.25, 0.3) is 0 Å². The van der Waals surface area contributed by atoms with E-state index < -0.39 is 0 Å². The molecule has 0 saturated carbocycles. The summed E-state index contributed by atoms with van der Waals surface area (Å²) in [6.45, 7) is 5.47. The van der Waals surface area contributed by atoms with Crippen molar-refractivity contribution in [1.29, 1.82) is 0 Å². The number of fused-ring (bicyclic) bond motifs is 1. The lowest BCUT2D eigenvalue weighted by Gasteiger charge is -2.21. The number of benzene rings is 2. The van der Waals surface area contributed by atoms with Crippen molar-refractivity contribution < 1.29 is 5.11 Å². The topological polar surface area (TPSA) is 23.5 Å². The van der Waals surface area contributed by atoms with Gasteiger partial charge in [-0.3, -0.25) is 4.90 Å². The fourth-order valence-corrected chi connectivity index (χ4v) is 3.51. The molecule has 0 aromatic heterocycles. The number of aromatic hydroxyl groups is 1. The molecule has 1 heterocycles. The summed E-state index contributed by atoms with van der Waals surface area (Å²) in [7, 11) is 0. The van der Waals surface area contributed by atoms with E-state index in [4.69, 9.17) is 0 Å². The second-order valence-electron chi connectivity index (χ2n) is 6.27. The second-order valence-corrected chi connectivity index (χ2v) is 6.27. The van der Waals surface area contributed by atoms with Crippen LogP contribution in [0.3, 0.4) is 0 Å². The van der Waals surface area contributed by atoms with Crippen LogP contribution in [-0.4, -0.2) is 23.1 Å². The fraction of sp³-hybridized carbons (Fsp3) is 0.474. The molecule has 2 nitrogen and oxygen atoms in total. The highest BCUT2D eigenvalue weighted by Crippen LogP contribution is 2.29. The van der Waals surface area contributed by atoms with Gasteiger partial charge >= 0.3 is 0 Å². The first-order chi connectivity index (χ1) is 10.3. The van der Waals surface area contributed by atoms with Crippen LogP contribution in [0.15, 0.2) is 36.4 Å². The zero-order chi connectivity index (χ0) is 14.7. The molecular weight excluding hydrogens is 258 g/mol. The van der Waals surface area contributed by atoms with Crippen LogP contribution < -0.4 is 0 Å². The van der Waals surface area contributed by atoms with Gasteiger partial charge in [0.2, 0.25) is 0 Å². The summed E-state index contributed by atoms with van der Waals surface area (Å²) >= 11 is 0. The summed E-state index contributed by atoms with van der Waals surface area (Å²) in [5.41, 5.74) is 1.09. The molecular formula is C19H25NO. The third kappa shape index (κ3) is 3.21. The summed E-state index contributed by atoms with van der Waals surface area (Å²) < 4.78 is 0. The number of phenols is 1. The van der Waals surface area contributed by atoms with Gasteiger partial charge in [0, 0.05) is 12.1 Å². The van der Waals surface area contributed by atoms with Crippen LogP contribution in [0, 0.1) is 5.92 Å². The molecule has 0 radical (unpaired) electrons. The Morgan fingerprint density at radius 3 is 2.81 bits per heavy atom. The van der Waals surface area contributed by atoms with Crippen LogP contribution in [0.5, 0.6) is 5.75 Å². The van der Waals surface area contributed by atoms with E-state index in [1.54, 1.807) is 0 Å². The van der Waals surface area contributed by atoms with Crippen molar-refractivity contribution in [3.05, 3.63) is 42.0 Å². The Hall–Kier alpha value is -1.54. The molecule has 2 aromatic carbocycles. The van der Waals surface area contributed by atoms with Crippen molar-refractivity contribution >= 4 is 10.8 Å². The molecule has 0 bridgehead atoms. The van der Waals surface area contributed by atoms with Crippen molar-refractivity contribution in [3.63, 3.8) is 0 Å². The minimum absolute atomic E-state index is 0.435. The lowest BCUT2D eigenvalue weighted by Crippen LogP contribution is -2.24. The standard InChI is InChI=1S/C19H25NO/c1-2-15-6-5-12-20(13-11-15)14-18-17-8-4-3-7-16(17)9-10-19(18)21/h3-4,7-10,15,21H,2,5-6,11-14H2,1H3. The van der Waals surface area contributed by atoms with Gasteiger partial charge in [-0.15, -0.1) is 0 Å². The average Bonchev–Trinajstić information content (AvgIpc) is 2.75. The van der Waals surface area contributed by atoms with E-state index in [0.717, 1.165) is 31.1 Å². The van der Waals surface area contributed by atoms with Crippen LogP contribution in [0.1, 0.15) is 38.2 Å². The van der Waals surface area contributed by atoms with Gasteiger partial charge in [0.1, 0.15) is 5.75 Å². The van der Waals surface area contributed by atoms with Gasteiger partial charge in [-0.05, 0) is 55.1 Å². The SMILES string of the molecule is CCC1CCCN(Cc2c(O)ccc3ccccc23)CC1. The van der Waals surface area contributed by atoms with Crippen molar-refractivity contribution in [3.8, 4) is 5.75 Å². The van der Waals surface area contributed by atoms with Crippen LogP contribution in [-0.2, 0) is 6.54 Å². The summed E-state index contributed by atoms with van der Waals surface area (Å²) in [5, 5.41) is 12.7. The highest BCUT2D eigenvalue weighted by Gasteiger charge is 2.17. The number of likely N-dealkylation sites (tertiary alicyclic amines) is 1. The maximum atomic E-state index is 10.3. The molecule has 1 aliphatic heterocycles. The lowest BCUT2D eigenvalue weighted by atomic mass is 9.98. The predicted molar refractivity (Wildman–Crippen MR) is 88.5 cm³/mol. The molecule has 1 N–H and O–H groups in total. The Morgan fingerprint density at radius 1 is 1.10 bits per heavy atom. The zero-order valence-corrected chi connectivity index (χ0v) is 12.9. The van der Waals surface area contributed by atoms with E-state index in [0.29, 0.717) is 5.75 Å². The van der Waals surface area contributed by atoms with Gasteiger partial charge in [-0.1, -0.05) is 43.7 Å². The number of nitrogens with zero attached hydrogens (tertiary/aromatic N) is 1. The van der Waals surface area contributed by atoms with E-state index >= 15 is 0 Å². The van der Waals surface area contributed by atoms with E-state index in [9.17, 15) is 5.11 Å². The maximum absolute atomic E-state index is 10.3. The molecule has 0 amide bonds. The molecule has 1 fully saturated rings. The Bertz CT molecular complexity index is 608. The molecule has 1 saturated heterocycles. The highest BCUT2D eigenvalue weighted by atomic mass is 16.3. The summed E-state index contributed by atoms with van der Waals surface area (Å²) in [6, 6.07) is 12.2. The van der Waals surface area contributed by atoms with Gasteiger partial charge < -0.3 is 5.11 Å². The molecule has 2 heteroatoms. The summed E-state index contributed by atoms with van der Waals surface area (Å²) in [4.78, 5) is 2.51. The van der Waals surface area contributed by atoms with Gasteiger partial charge in [-0.2, -0.15) is 0 Å². The summed E-state index contributed by atoms with van der Waals surface area (Å²) in [6.07, 6.45) is 5.23. The minimum atomic E-state index is 0.435. The molecule has 112 valence electrons. The number of rotatable bonds is 3. The number of hydrogen-bond acceptors (Lipinski definition) is 2. The van der Waals surface area contributed by atoms with E-state index in [2.05, 4.69) is 36.1 Å². The number of hydrogen-bond donors (Lipinski definition) is 1. The van der Waals surface area contributed by atoms with Crippen LogP contribution >= 0.6 is 0 Å². The largest absolute Gasteiger partial charge is 0.508 e. The molecule has 1 aliphatic rings. The third-order valence-electron chi connectivity index (χ3n) is 4.92. The zero-order valence-electron chi connectivity index (χ0n) is 12.9. The molecule has 1 unspecified atom stereocenters. The monoisotopic (exact) mass is 283 g/mol. The smallest absolute Gasteiger partial charge is 0.120 e. The van der Waals surface area contributed by atoms with E-state index in [1.807, 2.05) is 12.1 Å². The summed E-state index contributed by atoms with van der Waals surface area (Å²) in [5.74, 6) is 1.32. The molecule has 3 rings (SSSR count). The highest BCUT2D eigenvalue weighted by molar-refractivity contribution is 5.87. The Labute approximate surface area is 127 Å². The molecule has 0 spiro atoms. The molecule has 1 atom stereocenters. The maximum Gasteiger partial charge on any atom is 0.120 e. The minimum Gasteiger partial charge on any atom is -0.508 e. The molecule has 0 aliphatic carbocycles. The van der Waals surface area contributed by atoms with Gasteiger partial charge in [0.05, 0.1) is 0 Å². The Kier molecular flexibility index (Phi) is 4.45. The van der Waals surface area contributed by atoms with Gasteiger partial charge in [0.15, 0.2) is 0 Å². The van der Waals surface area contributed by atoms with Crippen LogP contribution in [0.4, 0.5) is 0 Å². The van der Waals surface area contributed by atoms with E-state index in [1.165, 1.54) is 36.5 Å². The fourth-order valence-electron chi connectivity index (χ4n) is 3.51. The first-order valence-corrected chi connectivity index (χ1v) is 8.20. The normalized spacial score (nSPS) is 20.5. The van der Waals surface area contributed by atoms with Crippen molar-refractivity contribution in [2.45, 2.75) is 39.2 Å². The number of phenolic OH excluding ortho intramolecular Hbond substituents is 1. The van der Waals surface area contributed by atoms with Gasteiger partial charge in [-0.25, -0.2) is 0 Å². The Balaban J connectivity index is 1.83. The lowest BCUT2D eigenvalue weighted by molar-refractivity contribution is 0.269. The van der Waals surface area contributed by atoms with Crippen molar-refractivity contribution in [2.24, 2.45) is 5.92 Å². The second kappa shape index (κ2) is 6.48. The van der Waals surface area contributed by atoms with Crippen LogP contribution in [0.25, 0.3) is 10.8 Å². The van der Waals surface area contributed by atoms with Crippen molar-refractivity contribution in [1.82, 2.24) is 4.90 Å². The quantitative estimate of drug-likeness (QED) is 0.892. The molecule has 21 heavy (non-hydrogen) atoms. The molecule has 2 aromatic rings. The van der Waals surface area contributed by atoms with E-state index in [-0.39, 0.29) is 0 Å². The van der Waals surface area contributed by atoms with Crippen molar-refractivity contribution in [2.75, 3.05) is 13.1 Å². The van der Waals surface area contributed by atoms with Crippen LogP contribution in [0.2, 0.25) is 0 Å². The first kappa shape index (κ1) is 14.4. The Morgan fingerprint density at radius 2 is 1.95 bits per heavy atom. The third-order valence-corrected chi connectivity index (χ3v) is 4.92.